The number of benzene rings is 1. The summed E-state index contributed by atoms with van der Waals surface area (Å²) in [6, 6.07) is 5.15. The average molecular weight is 236 g/mol. The molecule has 0 atom stereocenters. The Morgan fingerprint density at radius 3 is 2.29 bits per heavy atom. The summed E-state index contributed by atoms with van der Waals surface area (Å²) >= 11 is 0. The minimum Gasteiger partial charge on any atom is -0.481 e. The van der Waals surface area contributed by atoms with Gasteiger partial charge in [0.1, 0.15) is 5.60 Å². The first-order valence-electron chi connectivity index (χ1n) is 5.49. The summed E-state index contributed by atoms with van der Waals surface area (Å²) in [6.07, 6.45) is 0. The molecule has 0 saturated heterocycles. The first kappa shape index (κ1) is 13.5. The Kier molecular flexibility index (Phi) is 3.76. The lowest BCUT2D eigenvalue weighted by Gasteiger charge is -2.21. The Morgan fingerprint density at radius 2 is 1.88 bits per heavy atom. The summed E-state index contributed by atoms with van der Waals surface area (Å²) in [4.78, 5) is 10.8. The zero-order chi connectivity index (χ0) is 13.2. The molecular weight excluding hydrogens is 218 g/mol. The number of para-hydroxylation sites is 1. The van der Waals surface area contributed by atoms with Gasteiger partial charge >= 0.3 is 5.69 Å². The van der Waals surface area contributed by atoms with Crippen molar-refractivity contribution in [3.8, 4) is 5.75 Å². The predicted octanol–water partition coefficient (Wildman–Crippen LogP) is 3.73. The number of ether oxygens (including phenoxy) is 1. The maximum absolute atomic E-state index is 11.1. The van der Waals surface area contributed by atoms with Gasteiger partial charge in [0, 0.05) is 11.5 Å². The van der Waals surface area contributed by atoms with Gasteiger partial charge in [-0.3, -0.25) is 10.1 Å². The molecule has 1 aromatic carbocycles. The molecular formula is C13H18NO3. The quantitative estimate of drug-likeness (QED) is 0.593. The van der Waals surface area contributed by atoms with E-state index < -0.39 is 5.60 Å². The molecule has 1 aromatic rings. The second-order valence-corrected chi connectivity index (χ2v) is 5.12. The normalized spacial score (nSPS) is 11.6. The molecule has 0 aromatic heterocycles. The van der Waals surface area contributed by atoms with Gasteiger partial charge in [-0.1, -0.05) is 26.0 Å². The first-order valence-corrected chi connectivity index (χ1v) is 5.49. The standard InChI is InChI=1S/C13H18NO3/c1-9(2)10-7-6-8-11(12(10)14(15)16)17-13(3,4)5/h6-8H,1-5H3. The van der Waals surface area contributed by atoms with E-state index in [2.05, 4.69) is 0 Å². The molecule has 0 amide bonds. The Morgan fingerprint density at radius 1 is 1.29 bits per heavy atom. The van der Waals surface area contributed by atoms with Crippen molar-refractivity contribution in [3.63, 3.8) is 0 Å². The zero-order valence-electron chi connectivity index (χ0n) is 10.9. The summed E-state index contributed by atoms with van der Waals surface area (Å²) in [5.74, 6) is 1.22. The van der Waals surface area contributed by atoms with Gasteiger partial charge in [0.2, 0.25) is 0 Å². The monoisotopic (exact) mass is 236 g/mol. The number of hydrogen-bond acceptors (Lipinski definition) is 3. The van der Waals surface area contributed by atoms with Crippen LogP contribution in [0.2, 0.25) is 0 Å². The van der Waals surface area contributed by atoms with Gasteiger partial charge in [0.25, 0.3) is 0 Å². The largest absolute Gasteiger partial charge is 0.481 e. The Labute approximate surface area is 102 Å². The fourth-order valence-electron chi connectivity index (χ4n) is 1.53. The van der Waals surface area contributed by atoms with E-state index in [0.29, 0.717) is 11.3 Å². The van der Waals surface area contributed by atoms with Gasteiger partial charge in [0.05, 0.1) is 4.92 Å². The molecule has 0 aliphatic rings. The number of nitro groups is 1. The molecule has 0 aliphatic heterocycles. The minimum atomic E-state index is -0.453. The highest BCUT2D eigenvalue weighted by Crippen LogP contribution is 2.36. The highest BCUT2D eigenvalue weighted by molar-refractivity contribution is 5.57. The molecule has 93 valence electrons. The Hall–Kier alpha value is -1.58. The van der Waals surface area contributed by atoms with Crippen LogP contribution in [0.4, 0.5) is 5.69 Å². The summed E-state index contributed by atoms with van der Waals surface area (Å²) in [5, 5.41) is 11.1. The van der Waals surface area contributed by atoms with E-state index in [0.717, 1.165) is 5.92 Å². The third-order valence-corrected chi connectivity index (χ3v) is 2.14. The van der Waals surface area contributed by atoms with E-state index in [-0.39, 0.29) is 10.6 Å². The second-order valence-electron chi connectivity index (χ2n) is 5.12. The van der Waals surface area contributed by atoms with E-state index >= 15 is 0 Å². The van der Waals surface area contributed by atoms with Gasteiger partial charge in [-0.05, 0) is 26.8 Å². The molecule has 0 N–H and O–H groups in total. The predicted molar refractivity (Wildman–Crippen MR) is 67.2 cm³/mol. The van der Waals surface area contributed by atoms with Gasteiger partial charge < -0.3 is 4.74 Å². The summed E-state index contributed by atoms with van der Waals surface area (Å²) in [5.41, 5.74) is 0.213. The fourth-order valence-corrected chi connectivity index (χ4v) is 1.53. The molecule has 1 radical (unpaired) electrons. The fraction of sp³-hybridized carbons (Fsp3) is 0.462. The van der Waals surface area contributed by atoms with E-state index in [1.54, 1.807) is 18.2 Å². The SMILES string of the molecule is C[C](C)c1cccc(OC(C)(C)C)c1[N+](=O)[O-]. The summed E-state index contributed by atoms with van der Waals surface area (Å²) in [6.45, 7) is 9.30. The number of hydrogen-bond donors (Lipinski definition) is 0. The van der Waals surface area contributed by atoms with Crippen molar-refractivity contribution in [3.05, 3.63) is 39.8 Å². The highest BCUT2D eigenvalue weighted by atomic mass is 16.6. The van der Waals surface area contributed by atoms with Crippen LogP contribution in [0.1, 0.15) is 40.2 Å². The molecule has 17 heavy (non-hydrogen) atoms. The van der Waals surface area contributed by atoms with Gasteiger partial charge in [-0.2, -0.15) is 0 Å². The molecule has 0 unspecified atom stereocenters. The molecule has 0 aliphatic carbocycles. The van der Waals surface area contributed by atoms with Crippen molar-refractivity contribution in [1.29, 1.82) is 0 Å². The lowest BCUT2D eigenvalue weighted by Crippen LogP contribution is -2.23. The number of nitro benzene ring substituents is 1. The maximum Gasteiger partial charge on any atom is 0.314 e. The van der Waals surface area contributed by atoms with E-state index in [9.17, 15) is 10.1 Å². The minimum absolute atomic E-state index is 0.0439. The molecule has 0 spiro atoms. The second kappa shape index (κ2) is 4.73. The molecule has 4 nitrogen and oxygen atoms in total. The van der Waals surface area contributed by atoms with Crippen molar-refractivity contribution in [2.45, 2.75) is 40.2 Å². The van der Waals surface area contributed by atoms with Crippen LogP contribution in [0.25, 0.3) is 0 Å². The van der Waals surface area contributed by atoms with E-state index in [4.69, 9.17) is 4.74 Å². The van der Waals surface area contributed by atoms with E-state index in [1.807, 2.05) is 34.6 Å². The van der Waals surface area contributed by atoms with Crippen LogP contribution in [0.5, 0.6) is 5.75 Å². The zero-order valence-corrected chi connectivity index (χ0v) is 10.9. The van der Waals surface area contributed by atoms with Crippen LogP contribution in [-0.4, -0.2) is 10.5 Å². The lowest BCUT2D eigenvalue weighted by molar-refractivity contribution is -0.386. The smallest absolute Gasteiger partial charge is 0.314 e. The van der Waals surface area contributed by atoms with Crippen LogP contribution in [-0.2, 0) is 0 Å². The van der Waals surface area contributed by atoms with E-state index in [1.165, 1.54) is 0 Å². The van der Waals surface area contributed by atoms with Crippen LogP contribution in [0.3, 0.4) is 0 Å². The Balaban J connectivity index is 3.30. The molecule has 0 heterocycles. The Bertz CT molecular complexity index is 419. The summed E-state index contributed by atoms with van der Waals surface area (Å²) < 4.78 is 5.63. The van der Waals surface area contributed by atoms with Gasteiger partial charge in [-0.15, -0.1) is 0 Å². The van der Waals surface area contributed by atoms with Crippen LogP contribution >= 0.6 is 0 Å². The number of nitrogens with zero attached hydrogens (tertiary/aromatic N) is 1. The van der Waals surface area contributed by atoms with Crippen LogP contribution in [0, 0.1) is 16.0 Å². The molecule has 0 saturated carbocycles. The lowest BCUT2D eigenvalue weighted by atomic mass is 10.0. The van der Waals surface area contributed by atoms with Crippen molar-refractivity contribution in [2.75, 3.05) is 0 Å². The molecule has 1 rings (SSSR count). The van der Waals surface area contributed by atoms with Gasteiger partial charge in [-0.25, -0.2) is 0 Å². The summed E-state index contributed by atoms with van der Waals surface area (Å²) in [7, 11) is 0. The number of rotatable bonds is 3. The first-order chi connectivity index (χ1) is 7.72. The van der Waals surface area contributed by atoms with Crippen molar-refractivity contribution < 1.29 is 9.66 Å². The molecule has 0 fully saturated rings. The third-order valence-electron chi connectivity index (χ3n) is 2.14. The molecule has 0 bridgehead atoms. The molecule has 4 heteroatoms. The van der Waals surface area contributed by atoms with Crippen molar-refractivity contribution in [2.24, 2.45) is 0 Å². The van der Waals surface area contributed by atoms with Crippen LogP contribution < -0.4 is 4.74 Å². The van der Waals surface area contributed by atoms with Crippen molar-refractivity contribution >= 4 is 5.69 Å². The topological polar surface area (TPSA) is 52.4 Å². The van der Waals surface area contributed by atoms with Crippen LogP contribution in [0.15, 0.2) is 18.2 Å². The third kappa shape index (κ3) is 3.44. The van der Waals surface area contributed by atoms with Gasteiger partial charge in [0.15, 0.2) is 5.75 Å². The highest BCUT2D eigenvalue weighted by Gasteiger charge is 2.25. The van der Waals surface area contributed by atoms with Crippen molar-refractivity contribution in [1.82, 2.24) is 0 Å². The maximum atomic E-state index is 11.1. The average Bonchev–Trinajstić information content (AvgIpc) is 2.14.